The van der Waals surface area contributed by atoms with Gasteiger partial charge in [-0.05, 0) is 49.5 Å². The molecule has 1 saturated carbocycles. The van der Waals surface area contributed by atoms with E-state index in [2.05, 4.69) is 23.6 Å². The molecule has 3 rings (SSSR count). The van der Waals surface area contributed by atoms with Crippen LogP contribution >= 0.6 is 0 Å². The molecule has 1 heterocycles. The van der Waals surface area contributed by atoms with Gasteiger partial charge in [-0.3, -0.25) is 14.9 Å². The number of β-amino-alcohol motifs (C(OH)–C–C–N with tert-alkyl or cyclic N) is 1. The number of likely N-dealkylation sites (tertiary alicyclic amines) is 1. The van der Waals surface area contributed by atoms with Gasteiger partial charge in [0.05, 0.1) is 6.54 Å². The molecule has 0 spiro atoms. The molecule has 2 amide bonds. The highest BCUT2D eigenvalue weighted by atomic mass is 16.3. The minimum Gasteiger partial charge on any atom is -0.377 e. The van der Waals surface area contributed by atoms with E-state index in [1.165, 1.54) is 19.3 Å². The molecule has 33 heavy (non-hydrogen) atoms. The van der Waals surface area contributed by atoms with Gasteiger partial charge in [-0.25, -0.2) is 0 Å². The molecule has 0 aromatic rings. The van der Waals surface area contributed by atoms with Crippen molar-refractivity contribution in [3.8, 4) is 0 Å². The van der Waals surface area contributed by atoms with Gasteiger partial charge >= 0.3 is 0 Å². The first-order valence-electron chi connectivity index (χ1n) is 13.1. The molecule has 7 nitrogen and oxygen atoms in total. The number of amides is 2. The molecule has 2 aliphatic carbocycles. The van der Waals surface area contributed by atoms with Crippen LogP contribution in [0.25, 0.3) is 0 Å². The van der Waals surface area contributed by atoms with Gasteiger partial charge < -0.3 is 21.1 Å². The summed E-state index contributed by atoms with van der Waals surface area (Å²) in [7, 11) is 0. The zero-order valence-electron chi connectivity index (χ0n) is 20.9. The highest BCUT2D eigenvalue weighted by Gasteiger charge is 2.31. The Morgan fingerprint density at radius 2 is 1.88 bits per heavy atom. The van der Waals surface area contributed by atoms with Crippen LogP contribution in [0.3, 0.4) is 0 Å². The van der Waals surface area contributed by atoms with E-state index in [0.717, 1.165) is 31.3 Å². The lowest BCUT2D eigenvalue weighted by molar-refractivity contribution is -0.137. The Morgan fingerprint density at radius 3 is 2.58 bits per heavy atom. The summed E-state index contributed by atoms with van der Waals surface area (Å²) in [5, 5.41) is 16.9. The van der Waals surface area contributed by atoms with Crippen molar-refractivity contribution in [3.63, 3.8) is 0 Å². The first-order chi connectivity index (χ1) is 16.0. The Labute approximate surface area is 200 Å². The van der Waals surface area contributed by atoms with E-state index in [0.29, 0.717) is 31.8 Å². The number of hydrogen-bond acceptors (Lipinski definition) is 5. The molecule has 0 radical (unpaired) electrons. The SMILES string of the molecule is CC.CC1C=CC(CN)=CC1NC(O)CN1CCCCC(NC(=O)CC2CCCCC2)C1=O. The smallest absolute Gasteiger partial charge is 0.245 e. The number of aliphatic hydroxyl groups is 1. The van der Waals surface area contributed by atoms with Crippen LogP contribution in [-0.4, -0.2) is 59.8 Å². The van der Waals surface area contributed by atoms with Crippen molar-refractivity contribution in [1.29, 1.82) is 0 Å². The number of nitrogens with zero attached hydrogens (tertiary/aromatic N) is 1. The van der Waals surface area contributed by atoms with Gasteiger partial charge in [0.1, 0.15) is 12.3 Å². The second kappa shape index (κ2) is 14.5. The lowest BCUT2D eigenvalue weighted by Crippen LogP contribution is -2.53. The number of carbonyl (C=O) groups excluding carboxylic acids is 2. The minimum atomic E-state index is -0.838. The van der Waals surface area contributed by atoms with Gasteiger partial charge in [0.25, 0.3) is 0 Å². The van der Waals surface area contributed by atoms with Crippen molar-refractivity contribution in [1.82, 2.24) is 15.5 Å². The van der Waals surface area contributed by atoms with E-state index in [1.54, 1.807) is 4.90 Å². The standard InChI is InChI=1S/C24H40N4O3.C2H6/c1-17-10-11-19(15-25)13-21(17)27-23(30)16-28-12-6-5-9-20(24(28)31)26-22(29)14-18-7-3-2-4-8-18;1-2/h10-11,13,17-18,20-21,23,27,30H,2-9,12,14-16,25H2,1H3,(H,26,29);1-2H3. The number of nitrogens with one attached hydrogen (secondary N) is 2. The largest absolute Gasteiger partial charge is 0.377 e. The first kappa shape index (κ1) is 27.5. The van der Waals surface area contributed by atoms with Crippen LogP contribution in [-0.2, 0) is 9.59 Å². The molecule has 5 N–H and O–H groups in total. The lowest BCUT2D eigenvalue weighted by Gasteiger charge is -2.31. The predicted molar refractivity (Wildman–Crippen MR) is 133 cm³/mol. The van der Waals surface area contributed by atoms with Gasteiger partial charge in [-0.1, -0.05) is 58.3 Å². The van der Waals surface area contributed by atoms with Crippen LogP contribution in [0.1, 0.15) is 78.6 Å². The van der Waals surface area contributed by atoms with Gasteiger partial charge in [0, 0.05) is 25.6 Å². The summed E-state index contributed by atoms with van der Waals surface area (Å²) in [6, 6.07) is -0.502. The average Bonchev–Trinajstić information content (AvgIpc) is 2.98. The Morgan fingerprint density at radius 1 is 1.18 bits per heavy atom. The van der Waals surface area contributed by atoms with Crippen molar-refractivity contribution in [2.24, 2.45) is 17.6 Å². The summed E-state index contributed by atoms with van der Waals surface area (Å²) < 4.78 is 0. The first-order valence-corrected chi connectivity index (χ1v) is 13.1. The number of nitrogens with two attached hydrogens (primary N) is 1. The number of carbonyl (C=O) groups is 2. The average molecular weight is 463 g/mol. The molecule has 4 atom stereocenters. The molecule has 3 aliphatic rings. The molecule has 188 valence electrons. The number of rotatable bonds is 8. The molecule has 1 aliphatic heterocycles. The van der Waals surface area contributed by atoms with E-state index in [9.17, 15) is 14.7 Å². The van der Waals surface area contributed by atoms with Gasteiger partial charge in [0.15, 0.2) is 0 Å². The normalized spacial score (nSPS) is 27.2. The van der Waals surface area contributed by atoms with Crippen molar-refractivity contribution in [3.05, 3.63) is 23.8 Å². The van der Waals surface area contributed by atoms with Gasteiger partial charge in [-0.15, -0.1) is 0 Å². The summed E-state index contributed by atoms with van der Waals surface area (Å²) >= 11 is 0. The Hall–Kier alpha value is -1.70. The second-order valence-electron chi connectivity index (χ2n) is 9.48. The van der Waals surface area contributed by atoms with Gasteiger partial charge in [0.2, 0.25) is 11.8 Å². The van der Waals surface area contributed by atoms with Crippen LogP contribution < -0.4 is 16.4 Å². The van der Waals surface area contributed by atoms with E-state index in [-0.39, 0.29) is 30.3 Å². The third-order valence-electron chi connectivity index (χ3n) is 6.90. The molecule has 0 bridgehead atoms. The zero-order chi connectivity index (χ0) is 24.2. The maximum atomic E-state index is 13.1. The van der Waals surface area contributed by atoms with Crippen LogP contribution in [0.4, 0.5) is 0 Å². The second-order valence-corrected chi connectivity index (χ2v) is 9.48. The predicted octanol–water partition coefficient (Wildman–Crippen LogP) is 2.85. The van der Waals surface area contributed by atoms with Crippen molar-refractivity contribution in [2.45, 2.75) is 96.9 Å². The summed E-state index contributed by atoms with van der Waals surface area (Å²) in [4.78, 5) is 27.4. The van der Waals surface area contributed by atoms with E-state index in [1.807, 2.05) is 26.0 Å². The number of hydrogen-bond donors (Lipinski definition) is 4. The molecular formula is C26H46N4O3. The fourth-order valence-corrected chi connectivity index (χ4v) is 4.98. The molecule has 4 unspecified atom stereocenters. The highest BCUT2D eigenvalue weighted by molar-refractivity contribution is 5.88. The van der Waals surface area contributed by atoms with Gasteiger partial charge in [-0.2, -0.15) is 0 Å². The number of aliphatic hydroxyl groups excluding tert-OH is 1. The van der Waals surface area contributed by atoms with Crippen LogP contribution in [0.5, 0.6) is 0 Å². The van der Waals surface area contributed by atoms with E-state index < -0.39 is 12.3 Å². The monoisotopic (exact) mass is 462 g/mol. The molecular weight excluding hydrogens is 416 g/mol. The van der Waals surface area contributed by atoms with E-state index >= 15 is 0 Å². The van der Waals surface area contributed by atoms with Crippen LogP contribution in [0, 0.1) is 11.8 Å². The lowest BCUT2D eigenvalue weighted by atomic mass is 9.87. The summed E-state index contributed by atoms with van der Waals surface area (Å²) in [5.74, 6) is 0.601. The molecule has 2 fully saturated rings. The van der Waals surface area contributed by atoms with Crippen molar-refractivity contribution >= 4 is 11.8 Å². The molecule has 0 aromatic carbocycles. The zero-order valence-corrected chi connectivity index (χ0v) is 20.9. The third kappa shape index (κ3) is 8.87. The Balaban J connectivity index is 0.00000187. The highest BCUT2D eigenvalue weighted by Crippen LogP contribution is 2.26. The summed E-state index contributed by atoms with van der Waals surface area (Å²) in [6.07, 6.45) is 14.2. The quantitative estimate of drug-likeness (QED) is 0.415. The molecule has 1 saturated heterocycles. The van der Waals surface area contributed by atoms with Crippen LogP contribution in [0.15, 0.2) is 23.8 Å². The van der Waals surface area contributed by atoms with Crippen LogP contribution in [0.2, 0.25) is 0 Å². The fourth-order valence-electron chi connectivity index (χ4n) is 4.98. The molecule has 0 aromatic heterocycles. The summed E-state index contributed by atoms with van der Waals surface area (Å²) in [6.45, 7) is 7.37. The molecule has 7 heteroatoms. The Kier molecular flexibility index (Phi) is 12.1. The van der Waals surface area contributed by atoms with Crippen molar-refractivity contribution in [2.75, 3.05) is 19.6 Å². The summed E-state index contributed by atoms with van der Waals surface area (Å²) in [5.41, 5.74) is 6.78. The third-order valence-corrected chi connectivity index (χ3v) is 6.90. The topological polar surface area (TPSA) is 108 Å². The fraction of sp³-hybridized carbons (Fsp3) is 0.769. The minimum absolute atomic E-state index is 0.00644. The Bertz CT molecular complexity index is 672. The maximum absolute atomic E-state index is 13.1. The van der Waals surface area contributed by atoms with Crippen molar-refractivity contribution < 1.29 is 14.7 Å². The maximum Gasteiger partial charge on any atom is 0.245 e. The van der Waals surface area contributed by atoms with E-state index in [4.69, 9.17) is 5.73 Å².